The van der Waals surface area contributed by atoms with Gasteiger partial charge in [-0.1, -0.05) is 25.5 Å². The van der Waals surface area contributed by atoms with E-state index in [-0.39, 0.29) is 5.56 Å². The first-order valence-electron chi connectivity index (χ1n) is 8.74. The van der Waals surface area contributed by atoms with Crippen LogP contribution in [0.25, 0.3) is 16.6 Å². The SMILES string of the molecule is CCCCNC(=S)Nc1ccc(-n2c(C)nc3ccccc3c2=O)cc1. The Morgan fingerprint density at radius 1 is 1.15 bits per heavy atom. The van der Waals surface area contributed by atoms with Crippen LogP contribution in [0.5, 0.6) is 0 Å². The summed E-state index contributed by atoms with van der Waals surface area (Å²) >= 11 is 5.28. The van der Waals surface area contributed by atoms with E-state index in [9.17, 15) is 4.79 Å². The highest BCUT2D eigenvalue weighted by Crippen LogP contribution is 2.15. The molecule has 2 aromatic carbocycles. The monoisotopic (exact) mass is 366 g/mol. The Kier molecular flexibility index (Phi) is 5.63. The fourth-order valence-electron chi connectivity index (χ4n) is 2.80. The lowest BCUT2D eigenvalue weighted by Gasteiger charge is -2.13. The lowest BCUT2D eigenvalue weighted by Crippen LogP contribution is -2.29. The van der Waals surface area contributed by atoms with E-state index < -0.39 is 0 Å². The van der Waals surface area contributed by atoms with E-state index in [1.54, 1.807) is 10.6 Å². The van der Waals surface area contributed by atoms with Gasteiger partial charge in [-0.15, -0.1) is 0 Å². The third-order valence-corrected chi connectivity index (χ3v) is 4.39. The first-order chi connectivity index (χ1) is 12.6. The fourth-order valence-corrected chi connectivity index (χ4v) is 3.02. The van der Waals surface area contributed by atoms with Crippen LogP contribution in [0.4, 0.5) is 5.69 Å². The van der Waals surface area contributed by atoms with Crippen molar-refractivity contribution in [2.45, 2.75) is 26.7 Å². The molecule has 0 spiro atoms. The summed E-state index contributed by atoms with van der Waals surface area (Å²) in [4.78, 5) is 17.4. The molecule has 0 saturated heterocycles. The number of nitrogens with zero attached hydrogens (tertiary/aromatic N) is 2. The molecule has 0 aliphatic heterocycles. The molecule has 0 bridgehead atoms. The van der Waals surface area contributed by atoms with Crippen LogP contribution >= 0.6 is 12.2 Å². The van der Waals surface area contributed by atoms with Gasteiger partial charge in [0.25, 0.3) is 5.56 Å². The second kappa shape index (κ2) is 8.10. The molecule has 1 heterocycles. The largest absolute Gasteiger partial charge is 0.362 e. The fraction of sp³-hybridized carbons (Fsp3) is 0.250. The summed E-state index contributed by atoms with van der Waals surface area (Å²) in [5.74, 6) is 0.658. The third-order valence-electron chi connectivity index (χ3n) is 4.14. The molecule has 5 nitrogen and oxygen atoms in total. The smallest absolute Gasteiger partial charge is 0.265 e. The van der Waals surface area contributed by atoms with Crippen molar-refractivity contribution < 1.29 is 0 Å². The second-order valence-corrected chi connectivity index (χ2v) is 6.51. The molecule has 3 aromatic rings. The Balaban J connectivity index is 1.84. The van der Waals surface area contributed by atoms with E-state index in [4.69, 9.17) is 12.2 Å². The zero-order valence-corrected chi connectivity index (χ0v) is 15.8. The first-order valence-corrected chi connectivity index (χ1v) is 9.14. The Morgan fingerprint density at radius 2 is 1.88 bits per heavy atom. The van der Waals surface area contributed by atoms with Gasteiger partial charge in [0.1, 0.15) is 5.82 Å². The minimum Gasteiger partial charge on any atom is -0.362 e. The van der Waals surface area contributed by atoms with Gasteiger partial charge >= 0.3 is 0 Å². The Hall–Kier alpha value is -2.73. The first kappa shape index (κ1) is 18.1. The average molecular weight is 366 g/mol. The quantitative estimate of drug-likeness (QED) is 0.532. The van der Waals surface area contributed by atoms with E-state index in [0.29, 0.717) is 21.8 Å². The normalized spacial score (nSPS) is 10.7. The number of anilines is 1. The summed E-state index contributed by atoms with van der Waals surface area (Å²) in [7, 11) is 0. The number of benzene rings is 2. The van der Waals surface area contributed by atoms with Crippen molar-refractivity contribution >= 4 is 33.9 Å². The third kappa shape index (κ3) is 3.91. The molecule has 0 radical (unpaired) electrons. The van der Waals surface area contributed by atoms with Crippen LogP contribution in [0.15, 0.2) is 53.3 Å². The van der Waals surface area contributed by atoms with Gasteiger partial charge in [-0.2, -0.15) is 0 Å². The van der Waals surface area contributed by atoms with Crippen molar-refractivity contribution in [3.05, 3.63) is 64.7 Å². The van der Waals surface area contributed by atoms with Gasteiger partial charge < -0.3 is 10.6 Å². The molecule has 2 N–H and O–H groups in total. The lowest BCUT2D eigenvalue weighted by atomic mass is 10.2. The van der Waals surface area contributed by atoms with E-state index in [0.717, 1.165) is 30.8 Å². The molecular weight excluding hydrogens is 344 g/mol. The number of fused-ring (bicyclic) bond motifs is 1. The lowest BCUT2D eigenvalue weighted by molar-refractivity contribution is 0.758. The summed E-state index contributed by atoms with van der Waals surface area (Å²) in [5.41, 5.74) is 2.31. The van der Waals surface area contributed by atoms with Crippen LogP contribution in [0.1, 0.15) is 25.6 Å². The molecule has 0 unspecified atom stereocenters. The number of hydrogen-bond acceptors (Lipinski definition) is 3. The number of aryl methyl sites for hydroxylation is 1. The molecule has 0 aliphatic rings. The van der Waals surface area contributed by atoms with Crippen molar-refractivity contribution in [2.24, 2.45) is 0 Å². The molecule has 0 atom stereocenters. The zero-order chi connectivity index (χ0) is 18.5. The number of aromatic nitrogens is 2. The molecule has 0 saturated carbocycles. The molecular formula is C20H22N4OS. The highest BCUT2D eigenvalue weighted by atomic mass is 32.1. The molecule has 6 heteroatoms. The average Bonchev–Trinajstić information content (AvgIpc) is 2.63. The second-order valence-electron chi connectivity index (χ2n) is 6.10. The summed E-state index contributed by atoms with van der Waals surface area (Å²) in [6, 6.07) is 15.0. The van der Waals surface area contributed by atoms with Gasteiger partial charge in [0, 0.05) is 12.2 Å². The molecule has 1 aromatic heterocycles. The molecule has 0 amide bonds. The van der Waals surface area contributed by atoms with Crippen LogP contribution in [0.3, 0.4) is 0 Å². The van der Waals surface area contributed by atoms with Crippen LogP contribution < -0.4 is 16.2 Å². The summed E-state index contributed by atoms with van der Waals surface area (Å²) in [6.45, 7) is 4.84. The summed E-state index contributed by atoms with van der Waals surface area (Å²) in [5, 5.41) is 7.54. The number of nitrogens with one attached hydrogen (secondary N) is 2. The highest BCUT2D eigenvalue weighted by molar-refractivity contribution is 7.80. The molecule has 134 valence electrons. The highest BCUT2D eigenvalue weighted by Gasteiger charge is 2.09. The van der Waals surface area contributed by atoms with Gasteiger partial charge in [-0.3, -0.25) is 9.36 Å². The number of para-hydroxylation sites is 1. The van der Waals surface area contributed by atoms with Crippen molar-refractivity contribution in [1.29, 1.82) is 0 Å². The number of hydrogen-bond donors (Lipinski definition) is 2. The van der Waals surface area contributed by atoms with Gasteiger partial charge in [0.05, 0.1) is 16.6 Å². The van der Waals surface area contributed by atoms with E-state index in [1.165, 1.54) is 0 Å². The van der Waals surface area contributed by atoms with Crippen LogP contribution in [0, 0.1) is 6.92 Å². The molecule has 0 aliphatic carbocycles. The predicted molar refractivity (Wildman–Crippen MR) is 111 cm³/mol. The Bertz CT molecular complexity index is 979. The maximum atomic E-state index is 12.8. The van der Waals surface area contributed by atoms with Gasteiger partial charge in [-0.05, 0) is 62.0 Å². The molecule has 26 heavy (non-hydrogen) atoms. The summed E-state index contributed by atoms with van der Waals surface area (Å²) in [6.07, 6.45) is 2.20. The van der Waals surface area contributed by atoms with Crippen LogP contribution in [-0.2, 0) is 0 Å². The minimum atomic E-state index is -0.0643. The van der Waals surface area contributed by atoms with Crippen molar-refractivity contribution in [3.63, 3.8) is 0 Å². The predicted octanol–water partition coefficient (Wildman–Crippen LogP) is 3.78. The standard InChI is InChI=1S/C20H22N4OS/c1-3-4-13-21-20(26)23-15-9-11-16(12-10-15)24-14(2)22-18-8-6-5-7-17(18)19(24)25/h5-12H,3-4,13H2,1-2H3,(H2,21,23,26). The molecule has 0 fully saturated rings. The van der Waals surface area contributed by atoms with Crippen LogP contribution in [-0.4, -0.2) is 21.2 Å². The van der Waals surface area contributed by atoms with E-state index in [2.05, 4.69) is 22.5 Å². The maximum Gasteiger partial charge on any atom is 0.265 e. The maximum absolute atomic E-state index is 12.8. The number of unbranched alkanes of at least 4 members (excludes halogenated alkanes) is 1. The summed E-state index contributed by atoms with van der Waals surface area (Å²) < 4.78 is 1.63. The van der Waals surface area contributed by atoms with E-state index in [1.807, 2.05) is 49.4 Å². The van der Waals surface area contributed by atoms with Crippen molar-refractivity contribution in [2.75, 3.05) is 11.9 Å². The number of thiocarbonyl (C=S) groups is 1. The number of rotatable bonds is 5. The molecule has 3 rings (SSSR count). The van der Waals surface area contributed by atoms with Gasteiger partial charge in [-0.25, -0.2) is 4.98 Å². The van der Waals surface area contributed by atoms with Crippen LogP contribution in [0.2, 0.25) is 0 Å². The topological polar surface area (TPSA) is 58.9 Å². The minimum absolute atomic E-state index is 0.0643. The Morgan fingerprint density at radius 3 is 2.62 bits per heavy atom. The Labute approximate surface area is 158 Å². The van der Waals surface area contributed by atoms with Crippen molar-refractivity contribution in [3.8, 4) is 5.69 Å². The van der Waals surface area contributed by atoms with Crippen molar-refractivity contribution in [1.82, 2.24) is 14.9 Å². The zero-order valence-electron chi connectivity index (χ0n) is 15.0. The van der Waals surface area contributed by atoms with Gasteiger partial charge in [0.2, 0.25) is 0 Å². The van der Waals surface area contributed by atoms with E-state index >= 15 is 0 Å². The van der Waals surface area contributed by atoms with Gasteiger partial charge in [0.15, 0.2) is 5.11 Å².